The molecule has 4 aromatic rings. The van der Waals surface area contributed by atoms with E-state index < -0.39 is 11.1 Å². The first-order chi connectivity index (χ1) is 16.2. The lowest BCUT2D eigenvalue weighted by molar-refractivity contribution is 0.0377. The van der Waals surface area contributed by atoms with Crippen molar-refractivity contribution in [3.05, 3.63) is 77.7 Å². The molecule has 7 heteroatoms. The summed E-state index contributed by atoms with van der Waals surface area (Å²) in [6, 6.07) is 20.5. The number of nitrogens with zero attached hydrogens (tertiary/aromatic N) is 3. The number of alkyl carbamates (subject to hydrolysis) is 1. The average molecular weight is 475 g/mol. The van der Waals surface area contributed by atoms with Crippen molar-refractivity contribution in [3.8, 4) is 16.9 Å². The summed E-state index contributed by atoms with van der Waals surface area (Å²) in [5.41, 5.74) is 4.87. The van der Waals surface area contributed by atoms with E-state index in [1.807, 2.05) is 45.0 Å². The number of hydrogen-bond donors (Lipinski definition) is 1. The van der Waals surface area contributed by atoms with Crippen LogP contribution in [-0.2, 0) is 10.3 Å². The molecule has 1 amide bonds. The number of carbonyl (C=O) groups excluding carboxylic acids is 1. The number of hydrogen-bond acceptors (Lipinski definition) is 4. The molecule has 1 saturated carbocycles. The number of nitrogens with one attached hydrogen (secondary N) is 1. The van der Waals surface area contributed by atoms with Crippen LogP contribution in [0.25, 0.3) is 28.0 Å². The average Bonchev–Trinajstić information content (AvgIpc) is 3.14. The van der Waals surface area contributed by atoms with Gasteiger partial charge in [0.25, 0.3) is 0 Å². The van der Waals surface area contributed by atoms with Crippen molar-refractivity contribution in [1.29, 1.82) is 0 Å². The molecule has 0 aliphatic heterocycles. The Morgan fingerprint density at radius 3 is 2.41 bits per heavy atom. The van der Waals surface area contributed by atoms with Gasteiger partial charge in [-0.05, 0) is 81.0 Å². The highest BCUT2D eigenvalue weighted by Gasteiger charge is 2.41. The van der Waals surface area contributed by atoms with Crippen molar-refractivity contribution >= 4 is 28.7 Å². The van der Waals surface area contributed by atoms with Crippen molar-refractivity contribution in [2.45, 2.75) is 51.2 Å². The fourth-order valence-electron chi connectivity index (χ4n) is 4.51. The molecule has 6 nitrogen and oxygen atoms in total. The second-order valence-electron chi connectivity index (χ2n) is 9.75. The van der Waals surface area contributed by atoms with Gasteiger partial charge in [0.05, 0.1) is 28.5 Å². The lowest BCUT2D eigenvalue weighted by Gasteiger charge is -2.43. The van der Waals surface area contributed by atoms with E-state index >= 15 is 0 Å². The molecule has 0 atom stereocenters. The second-order valence-corrected chi connectivity index (χ2v) is 10.1. The van der Waals surface area contributed by atoms with Crippen molar-refractivity contribution in [1.82, 2.24) is 19.9 Å². The first kappa shape index (κ1) is 22.4. The van der Waals surface area contributed by atoms with Gasteiger partial charge in [-0.25, -0.2) is 14.8 Å². The molecule has 2 aromatic carbocycles. The number of rotatable bonds is 4. The summed E-state index contributed by atoms with van der Waals surface area (Å²) in [7, 11) is 0. The van der Waals surface area contributed by atoms with Crippen molar-refractivity contribution in [2.24, 2.45) is 0 Å². The third kappa shape index (κ3) is 4.26. The van der Waals surface area contributed by atoms with Crippen LogP contribution in [-0.4, -0.2) is 26.2 Å². The number of benzene rings is 2. The zero-order valence-electron chi connectivity index (χ0n) is 19.5. The molecule has 174 valence electrons. The summed E-state index contributed by atoms with van der Waals surface area (Å²) in [6.45, 7) is 5.62. The van der Waals surface area contributed by atoms with E-state index in [1.54, 1.807) is 6.20 Å². The molecule has 1 aliphatic carbocycles. The number of carbonyl (C=O) groups is 1. The first-order valence-corrected chi connectivity index (χ1v) is 11.8. The molecule has 1 N–H and O–H groups in total. The summed E-state index contributed by atoms with van der Waals surface area (Å²) < 4.78 is 7.66. The van der Waals surface area contributed by atoms with Crippen LogP contribution in [0.1, 0.15) is 45.6 Å². The quantitative estimate of drug-likeness (QED) is 0.336. The number of fused-ring (bicyclic) bond motifs is 1. The van der Waals surface area contributed by atoms with Crippen molar-refractivity contribution < 1.29 is 9.53 Å². The SMILES string of the molecule is CC(C)(C)OC(=O)NC1(c2ccc(-n3c(-c4ccccc4)cc4nc(Cl)ncc43)cc2)CCC1. The molecule has 2 aromatic heterocycles. The van der Waals surface area contributed by atoms with E-state index in [0.29, 0.717) is 0 Å². The zero-order valence-corrected chi connectivity index (χ0v) is 20.3. The van der Waals surface area contributed by atoms with Gasteiger partial charge >= 0.3 is 6.09 Å². The second kappa shape index (κ2) is 8.44. The maximum atomic E-state index is 12.5. The molecule has 1 aliphatic rings. The summed E-state index contributed by atoms with van der Waals surface area (Å²) >= 11 is 6.07. The molecule has 1 fully saturated rings. The van der Waals surface area contributed by atoms with Gasteiger partial charge in [-0.3, -0.25) is 0 Å². The van der Waals surface area contributed by atoms with E-state index in [2.05, 4.69) is 56.3 Å². The van der Waals surface area contributed by atoms with Gasteiger partial charge in [-0.1, -0.05) is 42.5 Å². The van der Waals surface area contributed by atoms with Crippen LogP contribution in [0.2, 0.25) is 5.28 Å². The predicted octanol–water partition coefficient (Wildman–Crippen LogP) is 6.64. The predicted molar refractivity (Wildman–Crippen MR) is 134 cm³/mol. The van der Waals surface area contributed by atoms with Gasteiger partial charge in [-0.2, -0.15) is 0 Å². The molecule has 0 unspecified atom stereocenters. The topological polar surface area (TPSA) is 69.0 Å². The summed E-state index contributed by atoms with van der Waals surface area (Å²) in [5.74, 6) is 0. The summed E-state index contributed by atoms with van der Waals surface area (Å²) in [5, 5.41) is 3.35. The van der Waals surface area contributed by atoms with Crippen molar-refractivity contribution in [3.63, 3.8) is 0 Å². The molecule has 5 rings (SSSR count). The third-order valence-electron chi connectivity index (χ3n) is 6.22. The number of halogens is 1. The lowest BCUT2D eigenvalue weighted by Crippen LogP contribution is -2.52. The monoisotopic (exact) mass is 474 g/mol. The van der Waals surface area contributed by atoms with Gasteiger partial charge in [-0.15, -0.1) is 0 Å². The molecule has 34 heavy (non-hydrogen) atoms. The van der Waals surface area contributed by atoms with Gasteiger partial charge in [0.2, 0.25) is 5.28 Å². The number of aromatic nitrogens is 3. The highest BCUT2D eigenvalue weighted by atomic mass is 35.5. The molecule has 0 bridgehead atoms. The highest BCUT2D eigenvalue weighted by Crippen LogP contribution is 2.42. The third-order valence-corrected chi connectivity index (χ3v) is 6.40. The Balaban J connectivity index is 1.53. The van der Waals surface area contributed by atoms with Gasteiger partial charge < -0.3 is 14.6 Å². The zero-order chi connectivity index (χ0) is 23.9. The van der Waals surface area contributed by atoms with Crippen LogP contribution in [0, 0.1) is 0 Å². The molecule has 0 spiro atoms. The minimum absolute atomic E-state index is 0.222. The van der Waals surface area contributed by atoms with Crippen LogP contribution in [0.3, 0.4) is 0 Å². The molecule has 0 radical (unpaired) electrons. The van der Waals surface area contributed by atoms with E-state index in [-0.39, 0.29) is 11.4 Å². The van der Waals surface area contributed by atoms with Gasteiger partial charge in [0.1, 0.15) is 5.60 Å². The van der Waals surface area contributed by atoms with Crippen LogP contribution in [0.5, 0.6) is 0 Å². The summed E-state index contributed by atoms with van der Waals surface area (Å²) in [4.78, 5) is 21.1. The van der Waals surface area contributed by atoms with E-state index in [0.717, 1.165) is 52.8 Å². The maximum Gasteiger partial charge on any atom is 0.408 e. The Morgan fingerprint density at radius 1 is 1.09 bits per heavy atom. The first-order valence-electron chi connectivity index (χ1n) is 11.5. The fourth-order valence-corrected chi connectivity index (χ4v) is 4.65. The molecular weight excluding hydrogens is 448 g/mol. The minimum Gasteiger partial charge on any atom is -0.444 e. The highest BCUT2D eigenvalue weighted by molar-refractivity contribution is 6.28. The molecular formula is C27H27ClN4O2. The number of amides is 1. The Kier molecular flexibility index (Phi) is 5.56. The Bertz CT molecular complexity index is 1340. The largest absolute Gasteiger partial charge is 0.444 e. The van der Waals surface area contributed by atoms with Gasteiger partial charge in [0.15, 0.2) is 0 Å². The fraction of sp³-hybridized carbons (Fsp3) is 0.296. The normalized spacial score (nSPS) is 15.1. The Hall–Kier alpha value is -3.38. The molecule has 2 heterocycles. The van der Waals surface area contributed by atoms with Crippen LogP contribution in [0.15, 0.2) is 66.9 Å². The van der Waals surface area contributed by atoms with Gasteiger partial charge in [0, 0.05) is 5.69 Å². The lowest BCUT2D eigenvalue weighted by atomic mass is 9.72. The Morgan fingerprint density at radius 2 is 1.79 bits per heavy atom. The standard InChI is InChI=1S/C27H27ClN4O2/c1-26(2,3)34-25(33)31-27(14-7-15-27)19-10-12-20(13-11-19)32-22(18-8-5-4-6-9-18)16-21-23(32)17-29-24(28)30-21/h4-6,8-13,16-17H,7,14-15H2,1-3H3,(H,31,33). The maximum absolute atomic E-state index is 12.5. The van der Waals surface area contributed by atoms with Crippen molar-refractivity contribution in [2.75, 3.05) is 0 Å². The van der Waals surface area contributed by atoms with E-state index in [9.17, 15) is 4.79 Å². The molecule has 0 saturated heterocycles. The smallest absolute Gasteiger partial charge is 0.408 e. The number of ether oxygens (including phenoxy) is 1. The minimum atomic E-state index is -0.535. The van der Waals surface area contributed by atoms with Crippen LogP contribution >= 0.6 is 11.6 Å². The Labute approximate surface area is 203 Å². The van der Waals surface area contributed by atoms with E-state index in [1.165, 1.54) is 0 Å². The summed E-state index contributed by atoms with van der Waals surface area (Å²) in [6.07, 6.45) is 4.21. The van der Waals surface area contributed by atoms with E-state index in [4.69, 9.17) is 16.3 Å². The van der Waals surface area contributed by atoms with Crippen LogP contribution in [0.4, 0.5) is 4.79 Å². The van der Waals surface area contributed by atoms with Crippen LogP contribution < -0.4 is 5.32 Å².